The standard InChI is InChI=1S/C18H21N3O2/c1-11(2)21-15(9-10-19-21)13-7-6-8-14-16(18(22)23-5)12(3)20(4)17(13)14/h6-11H,1-5H3. The zero-order valence-corrected chi connectivity index (χ0v) is 14.1. The number of hydrogen-bond acceptors (Lipinski definition) is 3. The first kappa shape index (κ1) is 15.3. The molecule has 0 atom stereocenters. The zero-order chi connectivity index (χ0) is 16.7. The molecule has 0 amide bonds. The van der Waals surface area contributed by atoms with E-state index >= 15 is 0 Å². The molecule has 0 aliphatic carbocycles. The van der Waals surface area contributed by atoms with Crippen LogP contribution in [0.2, 0.25) is 0 Å². The number of para-hydroxylation sites is 1. The molecule has 23 heavy (non-hydrogen) atoms. The molecule has 0 radical (unpaired) electrons. The number of fused-ring (bicyclic) bond motifs is 1. The molecule has 0 fully saturated rings. The van der Waals surface area contributed by atoms with Crippen molar-refractivity contribution < 1.29 is 9.53 Å². The van der Waals surface area contributed by atoms with Crippen molar-refractivity contribution in [3.8, 4) is 11.3 Å². The summed E-state index contributed by atoms with van der Waals surface area (Å²) in [6, 6.07) is 8.28. The summed E-state index contributed by atoms with van der Waals surface area (Å²) in [5.74, 6) is -0.303. The zero-order valence-electron chi connectivity index (χ0n) is 14.1. The Kier molecular flexibility index (Phi) is 3.72. The molecule has 1 aromatic carbocycles. The van der Waals surface area contributed by atoms with Crippen LogP contribution in [0, 0.1) is 6.92 Å². The molecule has 0 saturated heterocycles. The van der Waals surface area contributed by atoms with Crippen molar-refractivity contribution in [1.29, 1.82) is 0 Å². The van der Waals surface area contributed by atoms with Gasteiger partial charge in [0.05, 0.1) is 23.9 Å². The van der Waals surface area contributed by atoms with Crippen LogP contribution in [0.4, 0.5) is 0 Å². The average molecular weight is 311 g/mol. The Balaban J connectivity index is 2.36. The highest BCUT2D eigenvalue weighted by Crippen LogP contribution is 2.34. The number of carbonyl (C=O) groups excluding carboxylic acids is 1. The third kappa shape index (κ3) is 2.23. The minimum Gasteiger partial charge on any atom is -0.465 e. The maximum Gasteiger partial charge on any atom is 0.340 e. The third-order valence-electron chi connectivity index (χ3n) is 4.33. The summed E-state index contributed by atoms with van der Waals surface area (Å²) in [5.41, 5.74) is 4.65. The molecule has 5 heteroatoms. The van der Waals surface area contributed by atoms with E-state index in [4.69, 9.17) is 4.74 Å². The summed E-state index contributed by atoms with van der Waals surface area (Å²) in [4.78, 5) is 12.2. The summed E-state index contributed by atoms with van der Waals surface area (Å²) >= 11 is 0. The van der Waals surface area contributed by atoms with Gasteiger partial charge in [-0.1, -0.05) is 18.2 Å². The van der Waals surface area contributed by atoms with Gasteiger partial charge >= 0.3 is 5.97 Å². The van der Waals surface area contributed by atoms with E-state index in [1.54, 1.807) is 0 Å². The number of aryl methyl sites for hydroxylation is 1. The first-order valence-corrected chi connectivity index (χ1v) is 7.67. The van der Waals surface area contributed by atoms with Gasteiger partial charge < -0.3 is 9.30 Å². The SMILES string of the molecule is COC(=O)c1c(C)n(C)c2c(-c3ccnn3C(C)C)cccc12. The number of hydrogen-bond donors (Lipinski definition) is 0. The van der Waals surface area contributed by atoms with E-state index in [0.29, 0.717) is 5.56 Å². The summed E-state index contributed by atoms with van der Waals surface area (Å²) in [6.07, 6.45) is 1.81. The van der Waals surface area contributed by atoms with Crippen molar-refractivity contribution in [1.82, 2.24) is 14.3 Å². The Bertz CT molecular complexity index is 887. The molecule has 0 aliphatic heterocycles. The quantitative estimate of drug-likeness (QED) is 0.693. The van der Waals surface area contributed by atoms with Crippen LogP contribution in [-0.4, -0.2) is 27.4 Å². The van der Waals surface area contributed by atoms with Gasteiger partial charge in [-0.3, -0.25) is 4.68 Å². The van der Waals surface area contributed by atoms with Crippen LogP contribution in [0.15, 0.2) is 30.5 Å². The van der Waals surface area contributed by atoms with Gasteiger partial charge in [0, 0.05) is 35.9 Å². The minimum atomic E-state index is -0.303. The maximum atomic E-state index is 12.2. The maximum absolute atomic E-state index is 12.2. The first-order chi connectivity index (χ1) is 11.0. The normalized spacial score (nSPS) is 11.4. The number of esters is 1. The van der Waals surface area contributed by atoms with Gasteiger partial charge in [-0.05, 0) is 26.8 Å². The Morgan fingerprint density at radius 2 is 2.00 bits per heavy atom. The highest BCUT2D eigenvalue weighted by atomic mass is 16.5. The number of carbonyl (C=O) groups is 1. The Labute approximate surface area is 135 Å². The number of aromatic nitrogens is 3. The highest BCUT2D eigenvalue weighted by Gasteiger charge is 2.22. The van der Waals surface area contributed by atoms with Gasteiger partial charge in [-0.15, -0.1) is 0 Å². The molecule has 0 bridgehead atoms. The molecule has 0 unspecified atom stereocenters. The molecule has 0 saturated carbocycles. The van der Waals surface area contributed by atoms with Gasteiger partial charge in [0.1, 0.15) is 0 Å². The summed E-state index contributed by atoms with van der Waals surface area (Å²) < 4.78 is 9.01. The van der Waals surface area contributed by atoms with Crippen molar-refractivity contribution in [3.05, 3.63) is 41.7 Å². The van der Waals surface area contributed by atoms with Crippen molar-refractivity contribution in [2.75, 3.05) is 7.11 Å². The Hall–Kier alpha value is -2.56. The van der Waals surface area contributed by atoms with E-state index in [0.717, 1.165) is 27.9 Å². The summed E-state index contributed by atoms with van der Waals surface area (Å²) in [6.45, 7) is 6.15. The van der Waals surface area contributed by atoms with Crippen LogP contribution in [-0.2, 0) is 11.8 Å². The lowest BCUT2D eigenvalue weighted by molar-refractivity contribution is 0.0602. The van der Waals surface area contributed by atoms with Gasteiger partial charge in [0.2, 0.25) is 0 Å². The fourth-order valence-electron chi connectivity index (χ4n) is 3.14. The third-order valence-corrected chi connectivity index (χ3v) is 4.33. The van der Waals surface area contributed by atoms with E-state index in [9.17, 15) is 4.79 Å². The van der Waals surface area contributed by atoms with E-state index in [1.165, 1.54) is 7.11 Å². The fourth-order valence-corrected chi connectivity index (χ4v) is 3.14. The largest absolute Gasteiger partial charge is 0.465 e. The second kappa shape index (κ2) is 5.57. The fraction of sp³-hybridized carbons (Fsp3) is 0.333. The molecular formula is C18H21N3O2. The van der Waals surface area contributed by atoms with Gasteiger partial charge in [0.15, 0.2) is 0 Å². The molecule has 5 nitrogen and oxygen atoms in total. The minimum absolute atomic E-state index is 0.261. The average Bonchev–Trinajstić information content (AvgIpc) is 3.11. The van der Waals surface area contributed by atoms with Crippen LogP contribution in [0.25, 0.3) is 22.2 Å². The van der Waals surface area contributed by atoms with Crippen molar-refractivity contribution >= 4 is 16.9 Å². The lowest BCUT2D eigenvalue weighted by Crippen LogP contribution is -2.05. The number of methoxy groups -OCH3 is 1. The van der Waals surface area contributed by atoms with Crippen molar-refractivity contribution in [2.24, 2.45) is 7.05 Å². The predicted octanol–water partition coefficient (Wildman–Crippen LogP) is 3.72. The second-order valence-corrected chi connectivity index (χ2v) is 5.97. The van der Waals surface area contributed by atoms with Crippen LogP contribution < -0.4 is 0 Å². The summed E-state index contributed by atoms with van der Waals surface area (Å²) in [5, 5.41) is 5.33. The number of rotatable bonds is 3. The Morgan fingerprint density at radius 3 is 2.65 bits per heavy atom. The molecule has 0 N–H and O–H groups in total. The van der Waals surface area contributed by atoms with Crippen molar-refractivity contribution in [3.63, 3.8) is 0 Å². The van der Waals surface area contributed by atoms with E-state index in [-0.39, 0.29) is 12.0 Å². The van der Waals surface area contributed by atoms with Crippen LogP contribution in [0.1, 0.15) is 35.9 Å². The molecule has 0 aliphatic rings. The molecule has 0 spiro atoms. The monoisotopic (exact) mass is 311 g/mol. The second-order valence-electron chi connectivity index (χ2n) is 5.97. The first-order valence-electron chi connectivity index (χ1n) is 7.67. The van der Waals surface area contributed by atoms with E-state index in [1.807, 2.05) is 43.0 Å². The number of nitrogens with zero attached hydrogens (tertiary/aromatic N) is 3. The topological polar surface area (TPSA) is 49.1 Å². The number of benzene rings is 1. The number of ether oxygens (including phenoxy) is 1. The lowest BCUT2D eigenvalue weighted by Gasteiger charge is -2.13. The van der Waals surface area contributed by atoms with E-state index < -0.39 is 0 Å². The molecule has 2 aromatic heterocycles. The van der Waals surface area contributed by atoms with Crippen molar-refractivity contribution in [2.45, 2.75) is 26.8 Å². The lowest BCUT2D eigenvalue weighted by atomic mass is 10.1. The van der Waals surface area contributed by atoms with Gasteiger partial charge in [0.25, 0.3) is 0 Å². The molecule has 3 aromatic rings. The van der Waals surface area contributed by atoms with Crippen LogP contribution in [0.5, 0.6) is 0 Å². The van der Waals surface area contributed by atoms with Gasteiger partial charge in [-0.2, -0.15) is 5.10 Å². The van der Waals surface area contributed by atoms with Gasteiger partial charge in [-0.25, -0.2) is 4.79 Å². The smallest absolute Gasteiger partial charge is 0.340 e. The highest BCUT2D eigenvalue weighted by molar-refractivity contribution is 6.09. The summed E-state index contributed by atoms with van der Waals surface area (Å²) in [7, 11) is 3.39. The molecular weight excluding hydrogens is 290 g/mol. The van der Waals surface area contributed by atoms with E-state index in [2.05, 4.69) is 29.6 Å². The molecule has 120 valence electrons. The van der Waals surface area contributed by atoms with Crippen LogP contribution in [0.3, 0.4) is 0 Å². The molecule has 2 heterocycles. The Morgan fingerprint density at radius 1 is 1.26 bits per heavy atom. The van der Waals surface area contributed by atoms with Crippen LogP contribution >= 0.6 is 0 Å². The predicted molar refractivity (Wildman–Crippen MR) is 90.6 cm³/mol. The molecule has 3 rings (SSSR count).